The number of benzene rings is 3. The summed E-state index contributed by atoms with van der Waals surface area (Å²) in [5, 5.41) is 25.4. The van der Waals surface area contributed by atoms with E-state index in [2.05, 4.69) is 5.32 Å². The standard InChI is InChI=1S/C20H14ClFIN3O6/c1-31-19-7-11(10-24-12-2-4-15(22)14(21)8-12)6-16(23)20(19)32-18-5-3-13(25(27)28)9-17(18)26(29)30/h2-9,24H,10H2,1H3. The van der Waals surface area contributed by atoms with Gasteiger partial charge in [0, 0.05) is 18.3 Å². The molecule has 0 bridgehead atoms. The molecule has 0 spiro atoms. The van der Waals surface area contributed by atoms with Gasteiger partial charge in [-0.25, -0.2) is 4.39 Å². The van der Waals surface area contributed by atoms with Gasteiger partial charge in [0.25, 0.3) is 5.69 Å². The van der Waals surface area contributed by atoms with Crippen molar-refractivity contribution in [1.29, 1.82) is 0 Å². The molecule has 9 nitrogen and oxygen atoms in total. The minimum absolute atomic E-state index is 0.00407. The lowest BCUT2D eigenvalue weighted by Crippen LogP contribution is -2.03. The van der Waals surface area contributed by atoms with Crippen molar-refractivity contribution < 1.29 is 23.7 Å². The summed E-state index contributed by atoms with van der Waals surface area (Å²) in [6, 6.07) is 10.8. The maximum atomic E-state index is 13.3. The van der Waals surface area contributed by atoms with Crippen molar-refractivity contribution in [2.45, 2.75) is 6.54 Å². The van der Waals surface area contributed by atoms with Gasteiger partial charge >= 0.3 is 5.69 Å². The largest absolute Gasteiger partial charge is 0.493 e. The molecule has 0 fully saturated rings. The number of nitro benzene ring substituents is 2. The molecule has 0 saturated heterocycles. The molecule has 3 aromatic rings. The lowest BCUT2D eigenvalue weighted by Gasteiger charge is -2.15. The van der Waals surface area contributed by atoms with Crippen LogP contribution in [0.1, 0.15) is 5.56 Å². The minimum atomic E-state index is -0.756. The first-order valence-corrected chi connectivity index (χ1v) is 10.3. The Hall–Kier alpha value is -3.19. The van der Waals surface area contributed by atoms with E-state index in [0.29, 0.717) is 21.6 Å². The number of non-ortho nitro benzene ring substituents is 1. The molecule has 12 heteroatoms. The SMILES string of the molecule is COc1cc(CNc2ccc(F)c(Cl)c2)cc(I)c1Oc1ccc([N+](=O)[O-])cc1[N+](=O)[O-]. The Morgan fingerprint density at radius 1 is 1.06 bits per heavy atom. The van der Waals surface area contributed by atoms with Crippen molar-refractivity contribution in [2.75, 3.05) is 12.4 Å². The van der Waals surface area contributed by atoms with Gasteiger partial charge in [-0.1, -0.05) is 11.6 Å². The smallest absolute Gasteiger partial charge is 0.318 e. The second kappa shape index (κ2) is 9.96. The molecule has 0 heterocycles. The zero-order valence-corrected chi connectivity index (χ0v) is 19.2. The molecule has 0 aliphatic heterocycles. The van der Waals surface area contributed by atoms with Gasteiger partial charge in [-0.05, 0) is 64.6 Å². The Balaban J connectivity index is 1.88. The van der Waals surface area contributed by atoms with Crippen molar-refractivity contribution in [2.24, 2.45) is 0 Å². The van der Waals surface area contributed by atoms with Gasteiger partial charge in [0.15, 0.2) is 11.5 Å². The maximum absolute atomic E-state index is 13.3. The first kappa shape index (κ1) is 23.5. The summed E-state index contributed by atoms with van der Waals surface area (Å²) in [7, 11) is 1.42. The average Bonchev–Trinajstić information content (AvgIpc) is 2.75. The third-order valence-corrected chi connectivity index (χ3v) is 5.36. The number of methoxy groups -OCH3 is 1. The summed E-state index contributed by atoms with van der Waals surface area (Å²) in [6.45, 7) is 0.353. The van der Waals surface area contributed by atoms with Crippen LogP contribution in [-0.2, 0) is 6.54 Å². The van der Waals surface area contributed by atoms with E-state index in [0.717, 1.165) is 17.7 Å². The van der Waals surface area contributed by atoms with E-state index in [1.165, 1.54) is 25.3 Å². The van der Waals surface area contributed by atoms with Crippen molar-refractivity contribution in [1.82, 2.24) is 0 Å². The number of nitrogens with zero attached hydrogens (tertiary/aromatic N) is 2. The van der Waals surface area contributed by atoms with Gasteiger partial charge in [0.2, 0.25) is 5.75 Å². The number of halogens is 3. The number of rotatable bonds is 8. The van der Waals surface area contributed by atoms with Gasteiger partial charge in [0.05, 0.1) is 31.6 Å². The van der Waals surface area contributed by atoms with Crippen LogP contribution in [0.4, 0.5) is 21.5 Å². The molecule has 0 aromatic heterocycles. The zero-order chi connectivity index (χ0) is 23.4. The molecule has 32 heavy (non-hydrogen) atoms. The van der Waals surface area contributed by atoms with E-state index in [1.54, 1.807) is 18.2 Å². The fourth-order valence-electron chi connectivity index (χ4n) is 2.74. The van der Waals surface area contributed by atoms with Crippen LogP contribution in [-0.4, -0.2) is 17.0 Å². The summed E-state index contributed by atoms with van der Waals surface area (Å²) in [4.78, 5) is 20.8. The monoisotopic (exact) mass is 573 g/mol. The summed E-state index contributed by atoms with van der Waals surface area (Å²) in [5.41, 5.74) is 0.438. The Bertz CT molecular complexity index is 1210. The predicted molar refractivity (Wildman–Crippen MR) is 124 cm³/mol. The van der Waals surface area contributed by atoms with E-state index in [9.17, 15) is 24.6 Å². The van der Waals surface area contributed by atoms with Gasteiger partial charge in [-0.15, -0.1) is 0 Å². The quantitative estimate of drug-likeness (QED) is 0.191. The number of nitrogens with one attached hydrogen (secondary N) is 1. The number of anilines is 1. The minimum Gasteiger partial charge on any atom is -0.493 e. The van der Waals surface area contributed by atoms with E-state index in [4.69, 9.17) is 21.1 Å². The molecular weight excluding hydrogens is 560 g/mol. The number of hydrogen-bond donors (Lipinski definition) is 1. The van der Waals surface area contributed by atoms with E-state index in [1.807, 2.05) is 22.6 Å². The molecule has 0 atom stereocenters. The molecule has 0 saturated carbocycles. The molecule has 166 valence electrons. The zero-order valence-electron chi connectivity index (χ0n) is 16.3. The number of hydrogen-bond acceptors (Lipinski definition) is 7. The van der Waals surface area contributed by atoms with Crippen LogP contribution in [0.5, 0.6) is 17.2 Å². The fourth-order valence-corrected chi connectivity index (χ4v) is 3.70. The van der Waals surface area contributed by atoms with Crippen LogP contribution < -0.4 is 14.8 Å². The van der Waals surface area contributed by atoms with Crippen LogP contribution in [0.25, 0.3) is 0 Å². The molecule has 0 aliphatic carbocycles. The predicted octanol–water partition coefficient (Wildman–Crippen LogP) is 6.31. The van der Waals surface area contributed by atoms with Crippen LogP contribution in [0.3, 0.4) is 0 Å². The normalized spacial score (nSPS) is 10.5. The van der Waals surface area contributed by atoms with E-state index < -0.39 is 27.0 Å². The number of nitro groups is 2. The lowest BCUT2D eigenvalue weighted by molar-refractivity contribution is -0.394. The number of ether oxygens (including phenoxy) is 2. The molecule has 0 aliphatic rings. The highest BCUT2D eigenvalue weighted by Crippen LogP contribution is 2.41. The van der Waals surface area contributed by atoms with Gasteiger partial charge in [-0.2, -0.15) is 0 Å². The van der Waals surface area contributed by atoms with Crippen molar-refractivity contribution in [3.05, 3.63) is 88.7 Å². The topological polar surface area (TPSA) is 117 Å². The summed E-state index contributed by atoms with van der Waals surface area (Å²) < 4.78 is 25.0. The lowest BCUT2D eigenvalue weighted by atomic mass is 10.2. The van der Waals surface area contributed by atoms with Gasteiger partial charge in [-0.3, -0.25) is 20.2 Å². The van der Waals surface area contributed by atoms with Crippen molar-refractivity contribution in [3.63, 3.8) is 0 Å². The average molecular weight is 574 g/mol. The van der Waals surface area contributed by atoms with Crippen LogP contribution in [0.15, 0.2) is 48.5 Å². The second-order valence-corrected chi connectivity index (χ2v) is 7.93. The summed E-state index contributed by atoms with van der Waals surface area (Å²) in [5.74, 6) is -0.156. The second-order valence-electron chi connectivity index (χ2n) is 6.36. The third kappa shape index (κ3) is 5.34. The summed E-state index contributed by atoms with van der Waals surface area (Å²) in [6.07, 6.45) is 0. The maximum Gasteiger partial charge on any atom is 0.318 e. The molecule has 0 amide bonds. The van der Waals surface area contributed by atoms with Gasteiger partial charge < -0.3 is 14.8 Å². The molecular formula is C20H14ClFIN3O6. The Kier molecular flexibility index (Phi) is 7.30. The highest BCUT2D eigenvalue weighted by molar-refractivity contribution is 14.1. The Morgan fingerprint density at radius 2 is 1.81 bits per heavy atom. The highest BCUT2D eigenvalue weighted by atomic mass is 127. The molecule has 0 radical (unpaired) electrons. The first-order chi connectivity index (χ1) is 15.2. The first-order valence-electron chi connectivity index (χ1n) is 8.85. The van der Waals surface area contributed by atoms with E-state index in [-0.39, 0.29) is 16.5 Å². The Morgan fingerprint density at radius 3 is 2.44 bits per heavy atom. The van der Waals surface area contributed by atoms with Crippen LogP contribution in [0.2, 0.25) is 5.02 Å². The van der Waals surface area contributed by atoms with Crippen LogP contribution in [0, 0.1) is 29.6 Å². The van der Waals surface area contributed by atoms with Crippen molar-refractivity contribution >= 4 is 51.3 Å². The van der Waals surface area contributed by atoms with Gasteiger partial charge in [0.1, 0.15) is 5.82 Å². The Labute approximate surface area is 199 Å². The molecule has 3 rings (SSSR count). The summed E-state index contributed by atoms with van der Waals surface area (Å²) >= 11 is 7.78. The fraction of sp³-hybridized carbons (Fsp3) is 0.100. The van der Waals surface area contributed by atoms with E-state index >= 15 is 0 Å². The molecule has 3 aromatic carbocycles. The van der Waals surface area contributed by atoms with Crippen LogP contribution >= 0.6 is 34.2 Å². The molecule has 1 N–H and O–H groups in total. The highest BCUT2D eigenvalue weighted by Gasteiger charge is 2.23. The van der Waals surface area contributed by atoms with Crippen molar-refractivity contribution in [3.8, 4) is 17.2 Å². The molecule has 0 unspecified atom stereocenters. The third-order valence-electron chi connectivity index (χ3n) is 4.27.